The van der Waals surface area contributed by atoms with Crippen LogP contribution >= 0.6 is 34.8 Å². The van der Waals surface area contributed by atoms with Crippen LogP contribution in [0.1, 0.15) is 11.1 Å². The van der Waals surface area contributed by atoms with E-state index in [0.717, 1.165) is 9.87 Å². The fourth-order valence-electron chi connectivity index (χ4n) is 3.45. The number of sulfonamides is 1. The van der Waals surface area contributed by atoms with Crippen LogP contribution in [0.25, 0.3) is 0 Å². The minimum absolute atomic E-state index is 0.0178. The van der Waals surface area contributed by atoms with Crippen LogP contribution in [0.4, 0.5) is 5.69 Å². The average Bonchev–Trinajstić information content (AvgIpc) is 2.94. The molecule has 0 aromatic heterocycles. The SMILES string of the molecule is O=C(CN(c1ccc(Cl)c(Cl)c1)S(=O)(=O)c1ccccc1)N/N=C\c1ccc(OCc2ccccc2Cl)cc1. The molecule has 0 aliphatic heterocycles. The van der Waals surface area contributed by atoms with Gasteiger partial charge in [-0.25, -0.2) is 13.8 Å². The van der Waals surface area contributed by atoms with Crippen molar-refractivity contribution < 1.29 is 17.9 Å². The predicted molar refractivity (Wildman–Crippen MR) is 155 cm³/mol. The number of hydrogen-bond acceptors (Lipinski definition) is 5. The van der Waals surface area contributed by atoms with Crippen molar-refractivity contribution in [3.05, 3.63) is 123 Å². The molecule has 4 rings (SSSR count). The van der Waals surface area contributed by atoms with E-state index in [9.17, 15) is 13.2 Å². The van der Waals surface area contributed by atoms with Gasteiger partial charge in [-0.05, 0) is 66.2 Å². The number of benzene rings is 4. The van der Waals surface area contributed by atoms with Crippen LogP contribution in [-0.4, -0.2) is 27.1 Å². The van der Waals surface area contributed by atoms with E-state index in [1.807, 2.05) is 18.2 Å². The zero-order valence-corrected chi connectivity index (χ0v) is 23.4. The van der Waals surface area contributed by atoms with Gasteiger partial charge in [0.05, 0.1) is 26.8 Å². The molecule has 0 saturated heterocycles. The first-order valence-corrected chi connectivity index (χ1v) is 14.1. The molecule has 200 valence electrons. The third kappa shape index (κ3) is 7.52. The number of rotatable bonds is 10. The molecule has 7 nitrogen and oxygen atoms in total. The highest BCUT2D eigenvalue weighted by Gasteiger charge is 2.27. The molecule has 0 aliphatic rings. The van der Waals surface area contributed by atoms with Crippen LogP contribution in [0, 0.1) is 0 Å². The van der Waals surface area contributed by atoms with E-state index in [1.165, 1.54) is 36.5 Å². The Morgan fingerprint density at radius 3 is 2.23 bits per heavy atom. The van der Waals surface area contributed by atoms with Gasteiger partial charge in [0.15, 0.2) is 0 Å². The van der Waals surface area contributed by atoms with Gasteiger partial charge in [-0.2, -0.15) is 5.10 Å². The number of anilines is 1. The zero-order chi connectivity index (χ0) is 27.8. The number of hydrogen-bond donors (Lipinski definition) is 1. The second kappa shape index (κ2) is 13.0. The summed E-state index contributed by atoms with van der Waals surface area (Å²) in [7, 11) is -4.09. The molecule has 0 spiro atoms. The van der Waals surface area contributed by atoms with Gasteiger partial charge in [0.25, 0.3) is 15.9 Å². The van der Waals surface area contributed by atoms with Crippen molar-refractivity contribution in [1.29, 1.82) is 0 Å². The summed E-state index contributed by atoms with van der Waals surface area (Å²) in [5.41, 5.74) is 4.11. The van der Waals surface area contributed by atoms with E-state index < -0.39 is 22.5 Å². The van der Waals surface area contributed by atoms with Crippen LogP contribution in [0.5, 0.6) is 5.75 Å². The highest BCUT2D eigenvalue weighted by molar-refractivity contribution is 7.92. The Bertz CT molecular complexity index is 1580. The molecule has 1 N–H and O–H groups in total. The van der Waals surface area contributed by atoms with Crippen LogP contribution in [0.2, 0.25) is 15.1 Å². The highest BCUT2D eigenvalue weighted by atomic mass is 35.5. The van der Waals surface area contributed by atoms with Crippen molar-refractivity contribution in [2.75, 3.05) is 10.8 Å². The highest BCUT2D eigenvalue weighted by Crippen LogP contribution is 2.30. The van der Waals surface area contributed by atoms with Crippen LogP contribution < -0.4 is 14.5 Å². The lowest BCUT2D eigenvalue weighted by atomic mass is 10.2. The first-order chi connectivity index (χ1) is 18.7. The van der Waals surface area contributed by atoms with E-state index in [1.54, 1.807) is 48.5 Å². The number of amides is 1. The standard InChI is InChI=1S/C28H22Cl3N3O4S/c29-25-9-5-4-6-21(25)19-38-23-13-10-20(11-14-23)17-32-33-28(35)18-34(22-12-15-26(30)27(31)16-22)39(36,37)24-7-2-1-3-8-24/h1-17H,18-19H2,(H,33,35)/b32-17-. The molecule has 1 amide bonds. The largest absolute Gasteiger partial charge is 0.489 e. The van der Waals surface area contributed by atoms with Gasteiger partial charge in [-0.15, -0.1) is 0 Å². The van der Waals surface area contributed by atoms with Gasteiger partial charge in [0.1, 0.15) is 18.9 Å². The van der Waals surface area contributed by atoms with E-state index >= 15 is 0 Å². The fraction of sp³-hybridized carbons (Fsp3) is 0.0714. The van der Waals surface area contributed by atoms with Crippen LogP contribution in [0.15, 0.2) is 107 Å². The summed E-state index contributed by atoms with van der Waals surface area (Å²) < 4.78 is 33.4. The minimum Gasteiger partial charge on any atom is -0.489 e. The second-order valence-corrected chi connectivity index (χ2v) is 11.2. The van der Waals surface area contributed by atoms with Gasteiger partial charge in [0, 0.05) is 10.6 Å². The summed E-state index contributed by atoms with van der Waals surface area (Å²) in [5, 5.41) is 5.00. The number of hydrazone groups is 1. The molecule has 0 heterocycles. The average molecular weight is 603 g/mol. The number of nitrogens with zero attached hydrogens (tertiary/aromatic N) is 2. The maximum Gasteiger partial charge on any atom is 0.264 e. The van der Waals surface area contributed by atoms with Crippen molar-refractivity contribution in [2.24, 2.45) is 5.10 Å². The Labute approximate surface area is 241 Å². The van der Waals surface area contributed by atoms with Crippen molar-refractivity contribution >= 4 is 62.6 Å². The summed E-state index contributed by atoms with van der Waals surface area (Å²) in [6.45, 7) is -0.217. The predicted octanol–water partition coefficient (Wildman–Crippen LogP) is 6.57. The molecule has 0 aliphatic carbocycles. The normalized spacial score (nSPS) is 11.4. The van der Waals surface area contributed by atoms with Gasteiger partial charge in [0.2, 0.25) is 0 Å². The molecule has 0 fully saturated rings. The number of ether oxygens (including phenoxy) is 1. The summed E-state index contributed by atoms with van der Waals surface area (Å²) in [6, 6.07) is 26.6. The topological polar surface area (TPSA) is 88.1 Å². The first-order valence-electron chi connectivity index (χ1n) is 11.5. The lowest BCUT2D eigenvalue weighted by Crippen LogP contribution is -2.39. The van der Waals surface area contributed by atoms with Gasteiger partial charge in [-0.3, -0.25) is 9.10 Å². The lowest BCUT2D eigenvalue weighted by molar-refractivity contribution is -0.119. The maximum absolute atomic E-state index is 13.4. The van der Waals surface area contributed by atoms with E-state index in [2.05, 4.69) is 10.5 Å². The first kappa shape index (κ1) is 28.4. The van der Waals surface area contributed by atoms with E-state index in [-0.39, 0.29) is 20.6 Å². The molecule has 39 heavy (non-hydrogen) atoms. The molecular weight excluding hydrogens is 581 g/mol. The van der Waals surface area contributed by atoms with Crippen molar-refractivity contribution in [3.63, 3.8) is 0 Å². The quantitative estimate of drug-likeness (QED) is 0.164. The van der Waals surface area contributed by atoms with E-state index in [4.69, 9.17) is 39.5 Å². The Kier molecular flexibility index (Phi) is 9.48. The summed E-state index contributed by atoms with van der Waals surface area (Å²) in [4.78, 5) is 12.7. The maximum atomic E-state index is 13.4. The van der Waals surface area contributed by atoms with Crippen LogP contribution in [-0.2, 0) is 21.4 Å². The lowest BCUT2D eigenvalue weighted by Gasteiger charge is -2.24. The third-order valence-electron chi connectivity index (χ3n) is 5.44. The fourth-order valence-corrected chi connectivity index (χ4v) is 5.36. The number of carbonyl (C=O) groups is 1. The Morgan fingerprint density at radius 1 is 0.846 bits per heavy atom. The number of carbonyl (C=O) groups excluding carboxylic acids is 1. The number of nitrogens with one attached hydrogen (secondary N) is 1. The van der Waals surface area contributed by atoms with Crippen molar-refractivity contribution in [3.8, 4) is 5.75 Å². The summed E-state index contributed by atoms with van der Waals surface area (Å²) in [6.07, 6.45) is 1.44. The monoisotopic (exact) mass is 601 g/mol. The smallest absolute Gasteiger partial charge is 0.264 e. The van der Waals surface area contributed by atoms with Crippen molar-refractivity contribution in [2.45, 2.75) is 11.5 Å². The second-order valence-electron chi connectivity index (χ2n) is 8.17. The minimum atomic E-state index is -4.09. The molecular formula is C28H22Cl3N3O4S. The van der Waals surface area contributed by atoms with E-state index in [0.29, 0.717) is 22.9 Å². The van der Waals surface area contributed by atoms with Crippen LogP contribution in [0.3, 0.4) is 0 Å². The Morgan fingerprint density at radius 2 is 1.54 bits per heavy atom. The third-order valence-corrected chi connectivity index (χ3v) is 8.34. The van der Waals surface area contributed by atoms with Gasteiger partial charge < -0.3 is 4.74 Å². The molecule has 11 heteroatoms. The summed E-state index contributed by atoms with van der Waals surface area (Å²) >= 11 is 18.3. The number of halogens is 3. The molecule has 0 radical (unpaired) electrons. The van der Waals surface area contributed by atoms with Gasteiger partial charge >= 0.3 is 0 Å². The Hall–Kier alpha value is -3.56. The molecule has 4 aromatic rings. The molecule has 0 atom stereocenters. The Balaban J connectivity index is 1.42. The summed E-state index contributed by atoms with van der Waals surface area (Å²) in [5.74, 6) is -0.0176. The molecule has 4 aromatic carbocycles. The van der Waals surface area contributed by atoms with Crippen molar-refractivity contribution in [1.82, 2.24) is 5.43 Å². The zero-order valence-electron chi connectivity index (χ0n) is 20.3. The van der Waals surface area contributed by atoms with Gasteiger partial charge in [-0.1, -0.05) is 71.2 Å². The molecule has 0 saturated carbocycles. The molecule has 0 unspecified atom stereocenters. The molecule has 0 bridgehead atoms.